The van der Waals surface area contributed by atoms with Crippen LogP contribution in [0.4, 0.5) is 0 Å². The molecule has 4 nitrogen and oxygen atoms in total. The van der Waals surface area contributed by atoms with E-state index in [0.29, 0.717) is 12.8 Å². The first-order valence-electron chi connectivity index (χ1n) is 4.51. The summed E-state index contributed by atoms with van der Waals surface area (Å²) in [5.74, 6) is -0.205. The second kappa shape index (κ2) is 5.70. The lowest BCUT2D eigenvalue weighted by molar-refractivity contribution is -0.121. The minimum atomic E-state index is -0.409. The van der Waals surface area contributed by atoms with Gasteiger partial charge in [0.05, 0.1) is 6.04 Å². The summed E-state index contributed by atoms with van der Waals surface area (Å²) in [7, 11) is 0. The fourth-order valence-corrected chi connectivity index (χ4v) is 0.975. The van der Waals surface area contributed by atoms with Crippen LogP contribution in [0.3, 0.4) is 0 Å². The van der Waals surface area contributed by atoms with Gasteiger partial charge >= 0.3 is 0 Å². The molecule has 0 aliphatic heterocycles. The number of nitrogens with two attached hydrogens (primary N) is 2. The number of rotatable bonds is 6. The van der Waals surface area contributed by atoms with Crippen molar-refractivity contribution in [1.29, 1.82) is 0 Å². The Kier molecular flexibility index (Phi) is 5.30. The van der Waals surface area contributed by atoms with Crippen molar-refractivity contribution in [3.05, 3.63) is 0 Å². The highest BCUT2D eigenvalue weighted by Crippen LogP contribution is 2.05. The van der Waals surface area contributed by atoms with Gasteiger partial charge in [0.15, 0.2) is 0 Å². The van der Waals surface area contributed by atoms with Crippen LogP contribution in [0, 0.1) is 5.92 Å². The molecular formula is C9H18N2O2. The third kappa shape index (κ3) is 5.36. The molecule has 76 valence electrons. The van der Waals surface area contributed by atoms with Crippen molar-refractivity contribution in [3.8, 4) is 0 Å². The Balaban J connectivity index is 3.68. The minimum absolute atomic E-state index is 0.0104. The van der Waals surface area contributed by atoms with Gasteiger partial charge in [-0.3, -0.25) is 9.59 Å². The second-order valence-electron chi connectivity index (χ2n) is 3.56. The first-order valence-corrected chi connectivity index (χ1v) is 4.51. The van der Waals surface area contributed by atoms with E-state index in [1.165, 1.54) is 0 Å². The van der Waals surface area contributed by atoms with E-state index >= 15 is 0 Å². The number of amides is 1. The molecule has 0 saturated heterocycles. The van der Waals surface area contributed by atoms with Gasteiger partial charge in [0.25, 0.3) is 0 Å². The van der Waals surface area contributed by atoms with Crippen molar-refractivity contribution in [2.45, 2.75) is 39.2 Å². The molecule has 0 unspecified atom stereocenters. The number of Topliss-reactive ketones (excluding diaryl/α,β-unsaturated/α-hetero) is 1. The summed E-state index contributed by atoms with van der Waals surface area (Å²) in [4.78, 5) is 21.7. The summed E-state index contributed by atoms with van der Waals surface area (Å²) in [6.07, 6.45) is 1.12. The zero-order valence-electron chi connectivity index (χ0n) is 8.25. The fourth-order valence-electron chi connectivity index (χ4n) is 0.975. The first kappa shape index (κ1) is 12.1. The van der Waals surface area contributed by atoms with Crippen molar-refractivity contribution in [1.82, 2.24) is 0 Å². The maximum absolute atomic E-state index is 11.3. The highest BCUT2D eigenvalue weighted by Gasteiger charge is 2.16. The molecule has 0 aliphatic rings. The number of ketones is 1. The maximum atomic E-state index is 11.3. The van der Waals surface area contributed by atoms with Crippen LogP contribution in [0.5, 0.6) is 0 Å². The molecule has 13 heavy (non-hydrogen) atoms. The van der Waals surface area contributed by atoms with E-state index in [9.17, 15) is 9.59 Å². The normalized spacial score (nSPS) is 12.9. The molecule has 0 aromatic rings. The van der Waals surface area contributed by atoms with Crippen molar-refractivity contribution < 1.29 is 9.59 Å². The lowest BCUT2D eigenvalue weighted by atomic mass is 9.97. The summed E-state index contributed by atoms with van der Waals surface area (Å²) in [6.45, 7) is 3.80. The standard InChI is InChI=1S/C9H18N2O2/c1-6(2)9(11)7(12)4-3-5-8(10)13/h6,9H,3-5,11H2,1-2H3,(H2,10,13)/t9-/m0/s1. The number of primary amides is 1. The van der Waals surface area contributed by atoms with E-state index in [1.807, 2.05) is 13.8 Å². The van der Waals surface area contributed by atoms with E-state index in [-0.39, 0.29) is 24.0 Å². The lowest BCUT2D eigenvalue weighted by Crippen LogP contribution is -2.35. The van der Waals surface area contributed by atoms with Gasteiger partial charge in [-0.05, 0) is 12.3 Å². The molecule has 0 bridgehead atoms. The molecule has 0 fully saturated rings. The number of hydrogen-bond acceptors (Lipinski definition) is 3. The molecule has 0 saturated carbocycles. The Hall–Kier alpha value is -0.900. The first-order chi connectivity index (χ1) is 5.95. The molecule has 0 spiro atoms. The largest absolute Gasteiger partial charge is 0.370 e. The quantitative estimate of drug-likeness (QED) is 0.621. The molecule has 4 N–H and O–H groups in total. The Morgan fingerprint density at radius 1 is 1.23 bits per heavy atom. The van der Waals surface area contributed by atoms with Crippen LogP contribution in [0.15, 0.2) is 0 Å². The third-order valence-corrected chi connectivity index (χ3v) is 1.94. The van der Waals surface area contributed by atoms with Crippen molar-refractivity contribution >= 4 is 11.7 Å². The van der Waals surface area contributed by atoms with E-state index in [1.54, 1.807) is 0 Å². The summed E-state index contributed by atoms with van der Waals surface area (Å²) >= 11 is 0. The van der Waals surface area contributed by atoms with Crippen molar-refractivity contribution in [2.75, 3.05) is 0 Å². The predicted octanol–water partition coefficient (Wildman–Crippen LogP) is 0.194. The number of carbonyl (C=O) groups is 2. The average molecular weight is 186 g/mol. The molecule has 0 aromatic carbocycles. The predicted molar refractivity (Wildman–Crippen MR) is 50.9 cm³/mol. The van der Waals surface area contributed by atoms with Crippen LogP contribution < -0.4 is 11.5 Å². The van der Waals surface area contributed by atoms with Gasteiger partial charge in [0.2, 0.25) is 5.91 Å². The van der Waals surface area contributed by atoms with Gasteiger partial charge in [-0.15, -0.1) is 0 Å². The molecule has 4 heteroatoms. The zero-order chi connectivity index (χ0) is 10.4. The number of hydrogen-bond donors (Lipinski definition) is 2. The second-order valence-corrected chi connectivity index (χ2v) is 3.56. The van der Waals surface area contributed by atoms with E-state index in [4.69, 9.17) is 11.5 Å². The fraction of sp³-hybridized carbons (Fsp3) is 0.778. The molecule has 0 rings (SSSR count). The smallest absolute Gasteiger partial charge is 0.217 e. The lowest BCUT2D eigenvalue weighted by Gasteiger charge is -2.13. The molecule has 1 atom stereocenters. The molecule has 0 aromatic heterocycles. The van der Waals surface area contributed by atoms with Gasteiger partial charge < -0.3 is 11.5 Å². The van der Waals surface area contributed by atoms with Crippen molar-refractivity contribution in [3.63, 3.8) is 0 Å². The van der Waals surface area contributed by atoms with E-state index < -0.39 is 6.04 Å². The van der Waals surface area contributed by atoms with Gasteiger partial charge in [-0.1, -0.05) is 13.8 Å². The van der Waals surface area contributed by atoms with Gasteiger partial charge in [-0.2, -0.15) is 0 Å². The van der Waals surface area contributed by atoms with Crippen LogP contribution in [0.1, 0.15) is 33.1 Å². The Morgan fingerprint density at radius 2 is 1.77 bits per heavy atom. The Morgan fingerprint density at radius 3 is 2.15 bits per heavy atom. The topological polar surface area (TPSA) is 86.2 Å². The Labute approximate surface area is 78.7 Å². The van der Waals surface area contributed by atoms with Crippen LogP contribution in [0.2, 0.25) is 0 Å². The summed E-state index contributed by atoms with van der Waals surface area (Å²) < 4.78 is 0. The summed E-state index contributed by atoms with van der Waals surface area (Å²) in [6, 6.07) is -0.409. The molecule has 0 heterocycles. The van der Waals surface area contributed by atoms with Crippen LogP contribution in [-0.4, -0.2) is 17.7 Å². The van der Waals surface area contributed by atoms with E-state index in [0.717, 1.165) is 0 Å². The van der Waals surface area contributed by atoms with Crippen LogP contribution in [0.25, 0.3) is 0 Å². The third-order valence-electron chi connectivity index (χ3n) is 1.94. The summed E-state index contributed by atoms with van der Waals surface area (Å²) in [5.41, 5.74) is 10.5. The molecule has 1 amide bonds. The number of carbonyl (C=O) groups excluding carboxylic acids is 2. The molecular weight excluding hydrogens is 168 g/mol. The average Bonchev–Trinajstić information content (AvgIpc) is 2.02. The molecule has 0 radical (unpaired) electrons. The van der Waals surface area contributed by atoms with E-state index in [2.05, 4.69) is 0 Å². The summed E-state index contributed by atoms with van der Waals surface area (Å²) in [5, 5.41) is 0. The van der Waals surface area contributed by atoms with Gasteiger partial charge in [0, 0.05) is 12.8 Å². The molecule has 0 aliphatic carbocycles. The SMILES string of the molecule is CC(C)[C@H](N)C(=O)CCCC(N)=O. The van der Waals surface area contributed by atoms with Crippen LogP contribution >= 0.6 is 0 Å². The monoisotopic (exact) mass is 186 g/mol. The maximum Gasteiger partial charge on any atom is 0.217 e. The van der Waals surface area contributed by atoms with Crippen molar-refractivity contribution in [2.24, 2.45) is 17.4 Å². The highest BCUT2D eigenvalue weighted by atomic mass is 16.1. The highest BCUT2D eigenvalue weighted by molar-refractivity contribution is 5.84. The Bertz CT molecular complexity index is 190. The van der Waals surface area contributed by atoms with Gasteiger partial charge in [-0.25, -0.2) is 0 Å². The minimum Gasteiger partial charge on any atom is -0.370 e. The zero-order valence-corrected chi connectivity index (χ0v) is 8.25. The van der Waals surface area contributed by atoms with Gasteiger partial charge in [0.1, 0.15) is 5.78 Å². The van der Waals surface area contributed by atoms with Crippen LogP contribution in [-0.2, 0) is 9.59 Å².